The summed E-state index contributed by atoms with van der Waals surface area (Å²) in [4.78, 5) is 56.7. The molecule has 15 heteroatoms. The van der Waals surface area contributed by atoms with Gasteiger partial charge in [0.15, 0.2) is 9.75 Å². The first kappa shape index (κ1) is 35.9. The zero-order valence-corrected chi connectivity index (χ0v) is 31.6. The lowest BCUT2D eigenvalue weighted by Crippen LogP contribution is -2.60. The van der Waals surface area contributed by atoms with Gasteiger partial charge in [0.1, 0.15) is 17.2 Å². The fourth-order valence-electron chi connectivity index (χ4n) is 8.14. The molecule has 4 amide bonds. The van der Waals surface area contributed by atoms with Gasteiger partial charge in [0.05, 0.1) is 48.6 Å². The Labute approximate surface area is 318 Å². The van der Waals surface area contributed by atoms with E-state index in [1.54, 1.807) is 24.3 Å². The molecule has 3 fully saturated rings. The molecule has 2 saturated heterocycles. The van der Waals surface area contributed by atoms with Gasteiger partial charge in [-0.2, -0.15) is 10.2 Å². The summed E-state index contributed by atoms with van der Waals surface area (Å²) in [5, 5.41) is 19.1. The number of imide groups is 2. The molecule has 270 valence electrons. The van der Waals surface area contributed by atoms with Gasteiger partial charge >= 0.3 is 0 Å². The first-order valence-corrected chi connectivity index (χ1v) is 18.3. The van der Waals surface area contributed by atoms with Gasteiger partial charge in [0.2, 0.25) is 11.8 Å². The molecule has 0 unspecified atom stereocenters. The van der Waals surface area contributed by atoms with Crippen LogP contribution in [0, 0.1) is 17.8 Å². The summed E-state index contributed by atoms with van der Waals surface area (Å²) >= 11 is 18.0. The average Bonchev–Trinajstić information content (AvgIpc) is 3.48. The summed E-state index contributed by atoms with van der Waals surface area (Å²) < 4.78 is 11.3. The molecule has 6 atom stereocenters. The molecule has 0 aromatic heterocycles. The summed E-state index contributed by atoms with van der Waals surface area (Å²) in [7, 11) is 6.67. The number of methoxy groups -OCH3 is 2. The van der Waals surface area contributed by atoms with E-state index in [2.05, 4.69) is 26.2 Å². The zero-order chi connectivity index (χ0) is 37.3. The SMILES string of the molecule is COc1cc(O)cc(OC)c1[C@H]1C2=CC[C@@H]3C(=O)N(c4ccc(N=Nc5ccc(N(C)C)cc5)cc4)C(=O)[C@@H]3[C@@H]2C[C@@]2(Cl)C(=O)N(CBr)C(=O)[C@@]12Cl. The number of nitrogens with zero attached hydrogens (tertiary/aromatic N) is 5. The van der Waals surface area contributed by atoms with Crippen molar-refractivity contribution in [1.29, 1.82) is 0 Å². The number of phenolic OH excluding ortho intramolecular Hbond substituents is 1. The molecule has 2 aliphatic heterocycles. The Morgan fingerprint density at radius 2 is 1.46 bits per heavy atom. The van der Waals surface area contributed by atoms with Crippen LogP contribution in [0.1, 0.15) is 24.3 Å². The van der Waals surface area contributed by atoms with Crippen molar-refractivity contribution < 1.29 is 33.8 Å². The highest BCUT2D eigenvalue weighted by Crippen LogP contribution is 2.67. The molecular formula is C37H34BrCl2N5O7. The van der Waals surface area contributed by atoms with Crippen molar-refractivity contribution in [2.75, 3.05) is 43.6 Å². The number of halogens is 3. The van der Waals surface area contributed by atoms with Crippen LogP contribution in [0.5, 0.6) is 17.2 Å². The number of fused-ring (bicyclic) bond motifs is 4. The van der Waals surface area contributed by atoms with Gasteiger partial charge < -0.3 is 19.5 Å². The van der Waals surface area contributed by atoms with Crippen LogP contribution >= 0.6 is 39.1 Å². The van der Waals surface area contributed by atoms with Crippen molar-refractivity contribution in [1.82, 2.24) is 4.90 Å². The molecule has 7 rings (SSSR count). The number of carbonyl (C=O) groups excluding carboxylic acids is 4. The minimum atomic E-state index is -2.07. The third kappa shape index (κ3) is 5.22. The molecule has 0 spiro atoms. The Morgan fingerprint density at radius 1 is 0.885 bits per heavy atom. The van der Waals surface area contributed by atoms with Crippen LogP contribution in [-0.2, 0) is 19.2 Å². The van der Waals surface area contributed by atoms with E-state index in [4.69, 9.17) is 32.7 Å². The Kier molecular flexibility index (Phi) is 9.11. The minimum absolute atomic E-state index is 0.139. The van der Waals surface area contributed by atoms with E-state index in [-0.39, 0.29) is 47.0 Å². The van der Waals surface area contributed by atoms with Gasteiger partial charge in [-0.1, -0.05) is 27.6 Å². The summed E-state index contributed by atoms with van der Waals surface area (Å²) in [6, 6.07) is 16.9. The second kappa shape index (κ2) is 13.2. The predicted octanol–water partition coefficient (Wildman–Crippen LogP) is 6.81. The number of carbonyl (C=O) groups is 4. The Balaban J connectivity index is 1.26. The number of hydrogen-bond acceptors (Lipinski definition) is 10. The third-order valence-corrected chi connectivity index (χ3v) is 12.5. The molecule has 12 nitrogen and oxygen atoms in total. The fraction of sp³-hybridized carbons (Fsp3) is 0.351. The van der Waals surface area contributed by atoms with Crippen LogP contribution in [0.3, 0.4) is 0 Å². The maximum Gasteiger partial charge on any atom is 0.254 e. The zero-order valence-electron chi connectivity index (χ0n) is 28.5. The predicted molar refractivity (Wildman–Crippen MR) is 198 cm³/mol. The lowest BCUT2D eigenvalue weighted by atomic mass is 9.56. The molecule has 52 heavy (non-hydrogen) atoms. The highest BCUT2D eigenvalue weighted by Gasteiger charge is 2.76. The first-order chi connectivity index (χ1) is 24.8. The first-order valence-electron chi connectivity index (χ1n) is 16.4. The van der Waals surface area contributed by atoms with E-state index < -0.39 is 51.1 Å². The number of benzene rings is 3. The number of ether oxygens (including phenoxy) is 2. The van der Waals surface area contributed by atoms with Gasteiger partial charge in [-0.3, -0.25) is 29.0 Å². The van der Waals surface area contributed by atoms with Crippen LogP contribution in [0.15, 0.2) is 82.5 Å². The minimum Gasteiger partial charge on any atom is -0.508 e. The second-order valence-corrected chi connectivity index (χ2v) is 15.1. The number of anilines is 2. The Hall–Kier alpha value is -4.46. The Morgan fingerprint density at radius 3 is 2.00 bits per heavy atom. The van der Waals surface area contributed by atoms with E-state index in [0.29, 0.717) is 22.6 Å². The standard InChI is InChI=1S/C37H34BrCl2N5O7/c1-43(2)21-9-5-19(6-10-21)41-42-20-7-11-22(12-8-20)45-32(47)25-14-13-24-26(29(25)33(45)48)17-36(39)34(49)44(18-38)35(50)37(36,40)31(24)30-27(51-3)15-23(46)16-28(30)52-4/h5-13,15-16,25-26,29,31,46H,14,17-18H2,1-4H3/t25-,26+,29-,31+,36+,37-/m0/s1. The summed E-state index contributed by atoms with van der Waals surface area (Å²) in [6.45, 7) is 0. The monoisotopic (exact) mass is 809 g/mol. The summed E-state index contributed by atoms with van der Waals surface area (Å²) in [5.41, 5.74) is 3.26. The molecule has 0 bridgehead atoms. The smallest absolute Gasteiger partial charge is 0.254 e. The molecule has 3 aromatic carbocycles. The molecule has 2 aliphatic carbocycles. The highest BCUT2D eigenvalue weighted by molar-refractivity contribution is 9.09. The topological polar surface area (TPSA) is 141 Å². The quantitative estimate of drug-likeness (QED) is 0.0861. The molecular weight excluding hydrogens is 777 g/mol. The van der Waals surface area contributed by atoms with Gasteiger partial charge in [0, 0.05) is 43.4 Å². The van der Waals surface area contributed by atoms with Crippen LogP contribution in [0.2, 0.25) is 0 Å². The number of rotatable bonds is 8. The molecule has 1 N–H and O–H groups in total. The number of alkyl halides is 3. The summed E-state index contributed by atoms with van der Waals surface area (Å²) in [5.74, 6) is -5.76. The number of allylic oxidation sites excluding steroid dienone is 2. The number of likely N-dealkylation sites (tertiary alicyclic amines) is 1. The van der Waals surface area contributed by atoms with Crippen molar-refractivity contribution in [2.24, 2.45) is 28.0 Å². The van der Waals surface area contributed by atoms with Crippen LogP contribution in [0.4, 0.5) is 22.7 Å². The normalized spacial score (nSPS) is 28.2. The fourth-order valence-corrected chi connectivity index (χ4v) is 9.54. The van der Waals surface area contributed by atoms with Crippen molar-refractivity contribution in [3.05, 3.63) is 77.9 Å². The highest BCUT2D eigenvalue weighted by atomic mass is 79.9. The van der Waals surface area contributed by atoms with Crippen LogP contribution < -0.4 is 19.3 Å². The molecule has 0 radical (unpaired) electrons. The number of azo groups is 1. The van der Waals surface area contributed by atoms with Crippen molar-refractivity contribution in [3.63, 3.8) is 0 Å². The molecule has 3 aromatic rings. The van der Waals surface area contributed by atoms with Gasteiger partial charge in [0.25, 0.3) is 11.8 Å². The number of phenols is 1. The molecule has 2 heterocycles. The van der Waals surface area contributed by atoms with E-state index in [0.717, 1.165) is 10.6 Å². The van der Waals surface area contributed by atoms with E-state index in [9.17, 15) is 24.3 Å². The van der Waals surface area contributed by atoms with E-state index in [1.165, 1.54) is 31.3 Å². The second-order valence-electron chi connectivity index (χ2n) is 13.4. The number of hydrogen-bond donors (Lipinski definition) is 1. The molecule has 4 aliphatic rings. The lowest BCUT2D eigenvalue weighted by Gasteiger charge is -2.51. The van der Waals surface area contributed by atoms with Gasteiger partial charge in [-0.25, -0.2) is 0 Å². The Bertz CT molecular complexity index is 2030. The van der Waals surface area contributed by atoms with Crippen molar-refractivity contribution in [3.8, 4) is 17.2 Å². The van der Waals surface area contributed by atoms with Crippen molar-refractivity contribution >= 4 is 85.5 Å². The number of aromatic hydroxyl groups is 1. The maximum absolute atomic E-state index is 14.5. The van der Waals surface area contributed by atoms with Crippen molar-refractivity contribution in [2.45, 2.75) is 28.5 Å². The number of amides is 4. The summed E-state index contributed by atoms with van der Waals surface area (Å²) in [6.07, 6.45) is 1.81. The lowest BCUT2D eigenvalue weighted by molar-refractivity contribution is -0.138. The van der Waals surface area contributed by atoms with E-state index >= 15 is 0 Å². The third-order valence-electron chi connectivity index (χ3n) is 10.6. The van der Waals surface area contributed by atoms with E-state index in [1.807, 2.05) is 49.3 Å². The van der Waals surface area contributed by atoms with Crippen LogP contribution in [-0.4, -0.2) is 77.2 Å². The van der Waals surface area contributed by atoms with Crippen LogP contribution in [0.25, 0.3) is 0 Å². The molecule has 1 saturated carbocycles. The maximum atomic E-state index is 14.5. The largest absolute Gasteiger partial charge is 0.508 e. The average molecular weight is 812 g/mol. The van der Waals surface area contributed by atoms with Gasteiger partial charge in [-0.15, -0.1) is 23.2 Å². The van der Waals surface area contributed by atoms with Gasteiger partial charge in [-0.05, 0) is 67.3 Å².